The van der Waals surface area contributed by atoms with E-state index in [1.807, 2.05) is 54.6 Å². The van der Waals surface area contributed by atoms with E-state index >= 15 is 0 Å². The molecule has 6 rings (SSSR count). The average molecular weight is 441 g/mol. The number of carbonyl (C=O) groups is 1. The number of hydrogen-bond donors (Lipinski definition) is 0. The Morgan fingerprint density at radius 2 is 1.82 bits per heavy atom. The van der Waals surface area contributed by atoms with Crippen LogP contribution in [0.2, 0.25) is 0 Å². The monoisotopic (exact) mass is 441 g/mol. The first-order valence-corrected chi connectivity index (χ1v) is 11.2. The first kappa shape index (κ1) is 19.8. The summed E-state index contributed by atoms with van der Waals surface area (Å²) in [5.41, 5.74) is 4.37. The highest BCUT2D eigenvalue weighted by molar-refractivity contribution is 6.09. The fourth-order valence-corrected chi connectivity index (χ4v) is 4.26. The number of carbonyl (C=O) groups excluding carboxylic acids is 1. The predicted octanol–water partition coefficient (Wildman–Crippen LogP) is 4.81. The van der Waals surface area contributed by atoms with Gasteiger partial charge in [-0.3, -0.25) is 4.79 Å². The molecule has 0 saturated heterocycles. The summed E-state index contributed by atoms with van der Waals surface area (Å²) in [6.45, 7) is 1.51. The lowest BCUT2D eigenvalue weighted by atomic mass is 10.0. The molecule has 7 heteroatoms. The van der Waals surface area contributed by atoms with Crippen LogP contribution in [0, 0.1) is 0 Å². The molecule has 0 N–H and O–H groups in total. The minimum Gasteiger partial charge on any atom is -0.486 e. The van der Waals surface area contributed by atoms with Crippen LogP contribution < -0.4 is 9.47 Å². The zero-order valence-corrected chi connectivity index (χ0v) is 18.3. The molecular formula is C26H23N3O4. The Kier molecular flexibility index (Phi) is 4.75. The molecule has 1 aliphatic carbocycles. The topological polar surface area (TPSA) is 77.7 Å². The molecule has 0 unspecified atom stereocenters. The fourth-order valence-electron chi connectivity index (χ4n) is 4.26. The van der Waals surface area contributed by atoms with Gasteiger partial charge in [0.05, 0.1) is 10.9 Å². The van der Waals surface area contributed by atoms with Crippen LogP contribution in [0.3, 0.4) is 0 Å². The number of fused-ring (bicyclic) bond motifs is 2. The summed E-state index contributed by atoms with van der Waals surface area (Å²) in [4.78, 5) is 20.1. The third-order valence-corrected chi connectivity index (χ3v) is 6.11. The molecule has 7 nitrogen and oxygen atoms in total. The Balaban J connectivity index is 1.38. The predicted molar refractivity (Wildman–Crippen MR) is 122 cm³/mol. The largest absolute Gasteiger partial charge is 0.486 e. The van der Waals surface area contributed by atoms with Gasteiger partial charge in [-0.1, -0.05) is 41.6 Å². The zero-order valence-electron chi connectivity index (χ0n) is 18.3. The third-order valence-electron chi connectivity index (χ3n) is 6.11. The van der Waals surface area contributed by atoms with E-state index in [2.05, 4.69) is 10.1 Å². The molecular weight excluding hydrogens is 418 g/mol. The molecule has 3 heterocycles. The van der Waals surface area contributed by atoms with Gasteiger partial charge in [0.25, 0.3) is 11.6 Å². The normalized spacial score (nSPS) is 14.9. The standard InChI is InChI=1S/C26H23N3O4/c1-29(15-16-7-10-21-22(13-16)32-12-11-31-21)26(30)19-14-20(17-8-9-17)27-25-23(19)24(28-33-25)18-5-3-2-4-6-18/h2-7,10,13-14,17H,8-9,11-12,15H2,1H3. The molecule has 2 aromatic carbocycles. The molecule has 1 aliphatic heterocycles. The van der Waals surface area contributed by atoms with Gasteiger partial charge in [-0.05, 0) is 36.6 Å². The smallest absolute Gasteiger partial charge is 0.259 e. The van der Waals surface area contributed by atoms with Crippen molar-refractivity contribution in [2.45, 2.75) is 25.3 Å². The van der Waals surface area contributed by atoms with Crippen LogP contribution in [0.1, 0.15) is 40.4 Å². The molecule has 1 amide bonds. The van der Waals surface area contributed by atoms with E-state index in [9.17, 15) is 4.79 Å². The van der Waals surface area contributed by atoms with E-state index in [0.717, 1.165) is 35.4 Å². The number of aromatic nitrogens is 2. The number of rotatable bonds is 5. The SMILES string of the molecule is CN(Cc1ccc2c(c1)OCCO2)C(=O)c1cc(C2CC2)nc2onc(-c3ccccc3)c12. The van der Waals surface area contributed by atoms with Crippen molar-refractivity contribution in [3.05, 3.63) is 71.4 Å². The number of benzene rings is 2. The van der Waals surface area contributed by atoms with Crippen LogP contribution >= 0.6 is 0 Å². The second-order valence-electron chi connectivity index (χ2n) is 8.59. The van der Waals surface area contributed by atoms with Gasteiger partial charge < -0.3 is 18.9 Å². The van der Waals surface area contributed by atoms with Crippen LogP contribution in [0.25, 0.3) is 22.4 Å². The summed E-state index contributed by atoms with van der Waals surface area (Å²) in [7, 11) is 1.80. The van der Waals surface area contributed by atoms with Crippen molar-refractivity contribution in [2.75, 3.05) is 20.3 Å². The third kappa shape index (κ3) is 3.69. The van der Waals surface area contributed by atoms with Gasteiger partial charge in [-0.15, -0.1) is 0 Å². The summed E-state index contributed by atoms with van der Waals surface area (Å²) in [6, 6.07) is 17.5. The summed E-state index contributed by atoms with van der Waals surface area (Å²) >= 11 is 0. The van der Waals surface area contributed by atoms with Crippen molar-refractivity contribution in [3.8, 4) is 22.8 Å². The number of pyridine rings is 1. The van der Waals surface area contributed by atoms with Crippen molar-refractivity contribution in [1.29, 1.82) is 0 Å². The molecule has 1 saturated carbocycles. The minimum absolute atomic E-state index is 0.0976. The van der Waals surface area contributed by atoms with Crippen molar-refractivity contribution in [1.82, 2.24) is 15.0 Å². The second-order valence-corrected chi connectivity index (χ2v) is 8.59. The van der Waals surface area contributed by atoms with Crippen molar-refractivity contribution < 1.29 is 18.8 Å². The lowest BCUT2D eigenvalue weighted by molar-refractivity contribution is 0.0786. The van der Waals surface area contributed by atoms with Crippen molar-refractivity contribution in [2.24, 2.45) is 0 Å². The maximum atomic E-state index is 13.7. The maximum Gasteiger partial charge on any atom is 0.259 e. The van der Waals surface area contributed by atoms with Crippen LogP contribution in [0.5, 0.6) is 11.5 Å². The average Bonchev–Trinajstić information content (AvgIpc) is 3.62. The van der Waals surface area contributed by atoms with E-state index < -0.39 is 0 Å². The highest BCUT2D eigenvalue weighted by atomic mass is 16.6. The Morgan fingerprint density at radius 1 is 1.03 bits per heavy atom. The van der Waals surface area contributed by atoms with Gasteiger partial charge in [-0.25, -0.2) is 4.98 Å². The van der Waals surface area contributed by atoms with Crippen molar-refractivity contribution >= 4 is 17.0 Å². The Morgan fingerprint density at radius 3 is 2.61 bits per heavy atom. The molecule has 33 heavy (non-hydrogen) atoms. The summed E-state index contributed by atoms with van der Waals surface area (Å²) < 4.78 is 16.9. The van der Waals surface area contributed by atoms with Gasteiger partial charge >= 0.3 is 0 Å². The summed E-state index contributed by atoms with van der Waals surface area (Å²) in [6.07, 6.45) is 2.16. The van der Waals surface area contributed by atoms with Gasteiger partial charge in [-0.2, -0.15) is 0 Å². The van der Waals surface area contributed by atoms with Gasteiger partial charge in [0, 0.05) is 30.8 Å². The Hall–Kier alpha value is -3.87. The van der Waals surface area contributed by atoms with Crippen LogP contribution in [0.4, 0.5) is 0 Å². The first-order valence-electron chi connectivity index (χ1n) is 11.2. The number of ether oxygens (including phenoxy) is 2. The van der Waals surface area contributed by atoms with Crippen molar-refractivity contribution in [3.63, 3.8) is 0 Å². The number of nitrogens with zero attached hydrogens (tertiary/aromatic N) is 3. The molecule has 4 aromatic rings. The molecule has 0 spiro atoms. The Bertz CT molecular complexity index is 1340. The minimum atomic E-state index is -0.0976. The number of amides is 1. The van der Waals surface area contributed by atoms with Crippen LogP contribution in [0.15, 0.2) is 59.1 Å². The molecule has 2 aliphatic rings. The fraction of sp³-hybridized carbons (Fsp3) is 0.269. The van der Waals surface area contributed by atoms with E-state index in [4.69, 9.17) is 14.0 Å². The van der Waals surface area contributed by atoms with Gasteiger partial charge in [0.1, 0.15) is 18.9 Å². The highest BCUT2D eigenvalue weighted by Gasteiger charge is 2.30. The lowest BCUT2D eigenvalue weighted by Crippen LogP contribution is -2.27. The zero-order chi connectivity index (χ0) is 22.4. The highest BCUT2D eigenvalue weighted by Crippen LogP contribution is 2.41. The van der Waals surface area contributed by atoms with Crippen LogP contribution in [-0.2, 0) is 6.54 Å². The molecule has 0 atom stereocenters. The van der Waals surface area contributed by atoms with Gasteiger partial charge in [0.15, 0.2) is 11.5 Å². The van der Waals surface area contributed by atoms with E-state index in [1.165, 1.54) is 0 Å². The molecule has 1 fully saturated rings. The van der Waals surface area contributed by atoms with E-state index in [-0.39, 0.29) is 5.91 Å². The van der Waals surface area contributed by atoms with Gasteiger partial charge in [0.2, 0.25) is 0 Å². The van der Waals surface area contributed by atoms with E-state index in [1.54, 1.807) is 11.9 Å². The molecule has 2 aromatic heterocycles. The first-order chi connectivity index (χ1) is 16.2. The lowest BCUT2D eigenvalue weighted by Gasteiger charge is -2.21. The van der Waals surface area contributed by atoms with E-state index in [0.29, 0.717) is 53.8 Å². The maximum absolute atomic E-state index is 13.7. The Labute approximate surface area is 190 Å². The molecule has 0 bridgehead atoms. The second kappa shape index (κ2) is 7.92. The molecule has 0 radical (unpaired) electrons. The quantitative estimate of drug-likeness (QED) is 0.442. The number of hydrogen-bond acceptors (Lipinski definition) is 6. The van der Waals surface area contributed by atoms with Crippen LogP contribution in [-0.4, -0.2) is 41.2 Å². The summed E-state index contributed by atoms with van der Waals surface area (Å²) in [5.74, 6) is 1.74. The molecule has 166 valence electrons. The summed E-state index contributed by atoms with van der Waals surface area (Å²) in [5, 5.41) is 4.94.